The summed E-state index contributed by atoms with van der Waals surface area (Å²) < 4.78 is 5.23. The largest absolute Gasteiger partial charge is 0.507 e. The normalized spacial score (nSPS) is 11.0. The molecule has 0 atom stereocenters. The molecule has 2 nitrogen and oxygen atoms in total. The molecule has 0 fully saturated rings. The van der Waals surface area contributed by atoms with Gasteiger partial charge in [-0.3, -0.25) is 0 Å². The molecule has 1 N–H and O–H groups in total. The van der Waals surface area contributed by atoms with Crippen molar-refractivity contribution >= 4 is 33.1 Å². The number of phenols is 1. The van der Waals surface area contributed by atoms with Crippen LogP contribution in [0.25, 0.3) is 21.5 Å². The van der Waals surface area contributed by atoms with Gasteiger partial charge in [0.05, 0.1) is 7.11 Å². The lowest BCUT2D eigenvalue weighted by Crippen LogP contribution is -1.84. The van der Waals surface area contributed by atoms with Crippen LogP contribution in [0.2, 0.25) is 5.02 Å². The van der Waals surface area contributed by atoms with Crippen molar-refractivity contribution in [2.24, 2.45) is 0 Å². The molecule has 3 rings (SSSR count). The lowest BCUT2D eigenvalue weighted by molar-refractivity contribution is 0.415. The SMILES string of the molecule is COc1ccc2c(O)cc3cc(Cl)ccc3c2c1. The van der Waals surface area contributed by atoms with Gasteiger partial charge in [0.15, 0.2) is 0 Å². The number of halogens is 1. The summed E-state index contributed by atoms with van der Waals surface area (Å²) in [5, 5.41) is 14.4. The van der Waals surface area contributed by atoms with Crippen LogP contribution < -0.4 is 4.74 Å². The van der Waals surface area contributed by atoms with Gasteiger partial charge in [0.1, 0.15) is 11.5 Å². The fourth-order valence-corrected chi connectivity index (χ4v) is 2.40. The van der Waals surface area contributed by atoms with Crippen LogP contribution in [0.4, 0.5) is 0 Å². The van der Waals surface area contributed by atoms with Gasteiger partial charge >= 0.3 is 0 Å². The van der Waals surface area contributed by atoms with Crippen molar-refractivity contribution in [3.8, 4) is 11.5 Å². The molecule has 0 unspecified atom stereocenters. The van der Waals surface area contributed by atoms with Gasteiger partial charge in [0.25, 0.3) is 0 Å². The molecule has 0 aliphatic rings. The Balaban J connectivity index is 2.50. The van der Waals surface area contributed by atoms with Crippen LogP contribution in [0.3, 0.4) is 0 Å². The maximum Gasteiger partial charge on any atom is 0.124 e. The maximum atomic E-state index is 10.0. The zero-order valence-corrected chi connectivity index (χ0v) is 10.5. The fraction of sp³-hybridized carbons (Fsp3) is 0.0667. The third-order valence-corrected chi connectivity index (χ3v) is 3.33. The Bertz CT molecular complexity index is 750. The summed E-state index contributed by atoms with van der Waals surface area (Å²) in [4.78, 5) is 0. The molecule has 3 heteroatoms. The van der Waals surface area contributed by atoms with Crippen LogP contribution in [0.15, 0.2) is 42.5 Å². The number of phenolic OH excluding ortho intramolecular Hbond substituents is 1. The van der Waals surface area contributed by atoms with Crippen LogP contribution in [0.5, 0.6) is 11.5 Å². The number of hydrogen-bond donors (Lipinski definition) is 1. The first-order valence-electron chi connectivity index (χ1n) is 5.58. The molecule has 3 aromatic rings. The summed E-state index contributed by atoms with van der Waals surface area (Å²) >= 11 is 5.97. The van der Waals surface area contributed by atoms with Gasteiger partial charge in [0, 0.05) is 10.4 Å². The number of methoxy groups -OCH3 is 1. The lowest BCUT2D eigenvalue weighted by atomic mass is 10.0. The first kappa shape index (κ1) is 11.2. The second-order valence-electron chi connectivity index (χ2n) is 4.17. The average molecular weight is 259 g/mol. The van der Waals surface area contributed by atoms with Gasteiger partial charge in [-0.2, -0.15) is 0 Å². The molecule has 0 saturated carbocycles. The van der Waals surface area contributed by atoms with E-state index in [0.29, 0.717) is 5.02 Å². The van der Waals surface area contributed by atoms with E-state index in [4.69, 9.17) is 16.3 Å². The number of fused-ring (bicyclic) bond motifs is 3. The second kappa shape index (κ2) is 4.07. The third-order valence-electron chi connectivity index (χ3n) is 3.10. The van der Waals surface area contributed by atoms with Crippen molar-refractivity contribution in [3.63, 3.8) is 0 Å². The number of aromatic hydroxyl groups is 1. The first-order chi connectivity index (χ1) is 8.69. The lowest BCUT2D eigenvalue weighted by Gasteiger charge is -2.08. The van der Waals surface area contributed by atoms with Crippen molar-refractivity contribution < 1.29 is 9.84 Å². The predicted octanol–water partition coefficient (Wildman–Crippen LogP) is 4.36. The van der Waals surface area contributed by atoms with Crippen LogP contribution in [0.1, 0.15) is 0 Å². The van der Waals surface area contributed by atoms with E-state index in [1.165, 1.54) is 0 Å². The molecule has 0 aromatic heterocycles. The molecule has 0 aliphatic carbocycles. The van der Waals surface area contributed by atoms with E-state index < -0.39 is 0 Å². The molecule has 0 spiro atoms. The zero-order valence-electron chi connectivity index (χ0n) is 9.77. The van der Waals surface area contributed by atoms with Gasteiger partial charge in [-0.05, 0) is 52.6 Å². The molecule has 0 heterocycles. The Kier molecular flexibility index (Phi) is 2.53. The van der Waals surface area contributed by atoms with Crippen molar-refractivity contribution in [3.05, 3.63) is 47.5 Å². The Labute approximate surface area is 109 Å². The Morgan fingerprint density at radius 3 is 2.50 bits per heavy atom. The Morgan fingerprint density at radius 2 is 1.72 bits per heavy atom. The molecule has 18 heavy (non-hydrogen) atoms. The summed E-state index contributed by atoms with van der Waals surface area (Å²) in [5.74, 6) is 1.02. The smallest absolute Gasteiger partial charge is 0.124 e. The minimum atomic E-state index is 0.252. The molecule has 0 aliphatic heterocycles. The van der Waals surface area contributed by atoms with Crippen molar-refractivity contribution in [2.45, 2.75) is 0 Å². The highest BCUT2D eigenvalue weighted by Gasteiger charge is 2.07. The second-order valence-corrected chi connectivity index (χ2v) is 4.61. The molecular formula is C15H11ClO2. The summed E-state index contributed by atoms with van der Waals surface area (Å²) in [6, 6.07) is 13.0. The standard InChI is InChI=1S/C15H11ClO2/c1-18-11-3-5-13-14(8-11)12-4-2-10(16)6-9(12)7-15(13)17/h2-8,17H,1H3. The number of rotatable bonds is 1. The van der Waals surface area contributed by atoms with E-state index in [1.807, 2.05) is 36.4 Å². The predicted molar refractivity (Wildman–Crippen MR) is 74.7 cm³/mol. The minimum Gasteiger partial charge on any atom is -0.507 e. The zero-order chi connectivity index (χ0) is 12.7. The van der Waals surface area contributed by atoms with Gasteiger partial charge in [0.2, 0.25) is 0 Å². The van der Waals surface area contributed by atoms with E-state index in [-0.39, 0.29) is 5.75 Å². The van der Waals surface area contributed by atoms with E-state index in [0.717, 1.165) is 27.3 Å². The summed E-state index contributed by atoms with van der Waals surface area (Å²) in [6.07, 6.45) is 0. The van der Waals surface area contributed by atoms with Crippen LogP contribution in [-0.2, 0) is 0 Å². The van der Waals surface area contributed by atoms with Gasteiger partial charge in [-0.15, -0.1) is 0 Å². The summed E-state index contributed by atoms with van der Waals surface area (Å²) in [5.41, 5.74) is 0. The minimum absolute atomic E-state index is 0.252. The third kappa shape index (κ3) is 1.66. The van der Waals surface area contributed by atoms with E-state index in [2.05, 4.69) is 0 Å². The molecule has 0 radical (unpaired) electrons. The van der Waals surface area contributed by atoms with Gasteiger partial charge in [-0.25, -0.2) is 0 Å². The first-order valence-corrected chi connectivity index (χ1v) is 5.96. The number of hydrogen-bond acceptors (Lipinski definition) is 2. The maximum absolute atomic E-state index is 10.0. The molecule has 0 bridgehead atoms. The van der Waals surface area contributed by atoms with Crippen molar-refractivity contribution in [1.82, 2.24) is 0 Å². The van der Waals surface area contributed by atoms with E-state index in [1.54, 1.807) is 13.2 Å². The Morgan fingerprint density at radius 1 is 0.944 bits per heavy atom. The average Bonchev–Trinajstić information content (AvgIpc) is 2.38. The highest BCUT2D eigenvalue weighted by Crippen LogP contribution is 2.35. The van der Waals surface area contributed by atoms with Crippen LogP contribution in [-0.4, -0.2) is 12.2 Å². The molecule has 90 valence electrons. The van der Waals surface area contributed by atoms with Gasteiger partial charge < -0.3 is 9.84 Å². The van der Waals surface area contributed by atoms with Crippen molar-refractivity contribution in [2.75, 3.05) is 7.11 Å². The van der Waals surface area contributed by atoms with Crippen LogP contribution >= 0.6 is 11.6 Å². The highest BCUT2D eigenvalue weighted by molar-refractivity contribution is 6.31. The van der Waals surface area contributed by atoms with E-state index >= 15 is 0 Å². The van der Waals surface area contributed by atoms with E-state index in [9.17, 15) is 5.11 Å². The van der Waals surface area contributed by atoms with Crippen molar-refractivity contribution in [1.29, 1.82) is 0 Å². The number of ether oxygens (including phenoxy) is 1. The molecule has 3 aromatic carbocycles. The molecular weight excluding hydrogens is 248 g/mol. The summed E-state index contributed by atoms with van der Waals surface area (Å²) in [7, 11) is 1.63. The van der Waals surface area contributed by atoms with Gasteiger partial charge in [-0.1, -0.05) is 17.7 Å². The molecule has 0 saturated heterocycles. The fourth-order valence-electron chi connectivity index (χ4n) is 2.22. The highest BCUT2D eigenvalue weighted by atomic mass is 35.5. The number of benzene rings is 3. The topological polar surface area (TPSA) is 29.5 Å². The van der Waals surface area contributed by atoms with Crippen LogP contribution in [0, 0.1) is 0 Å². The monoisotopic (exact) mass is 258 g/mol. The Hall–Kier alpha value is -1.93. The quantitative estimate of drug-likeness (QED) is 0.657. The molecule has 0 amide bonds. The summed E-state index contributed by atoms with van der Waals surface area (Å²) in [6.45, 7) is 0.